The molecule has 3 nitrogen and oxygen atoms in total. The third-order valence-corrected chi connectivity index (χ3v) is 1.21. The summed E-state index contributed by atoms with van der Waals surface area (Å²) in [6.07, 6.45) is 1.53. The Kier molecular flexibility index (Phi) is 3.62. The summed E-state index contributed by atoms with van der Waals surface area (Å²) in [4.78, 5) is 9.89. The summed E-state index contributed by atoms with van der Waals surface area (Å²) in [6, 6.07) is 0. The van der Waals surface area contributed by atoms with Crippen LogP contribution in [-0.4, -0.2) is 20.1 Å². The van der Waals surface area contributed by atoms with Crippen molar-refractivity contribution >= 4 is 22.1 Å². The summed E-state index contributed by atoms with van der Waals surface area (Å²) >= 11 is -0.00153. The minimum Gasteiger partial charge on any atom is -0.477 e. The van der Waals surface area contributed by atoms with Gasteiger partial charge in [0.1, 0.15) is 16.1 Å². The highest BCUT2D eigenvalue weighted by Gasteiger charge is 2.04. The Bertz CT molecular complexity index is 179. The van der Waals surface area contributed by atoms with E-state index in [0.717, 1.165) is 0 Å². The third-order valence-electron chi connectivity index (χ3n) is 0.669. The predicted octanol–water partition coefficient (Wildman–Crippen LogP) is 0.0325. The summed E-state index contributed by atoms with van der Waals surface area (Å²) in [5.74, 6) is -1.16. The van der Waals surface area contributed by atoms with Crippen molar-refractivity contribution in [3.63, 3.8) is 0 Å². The molecule has 0 aliphatic heterocycles. The number of aliphatic carboxylic acids is 1. The number of rotatable bonds is 3. The highest BCUT2D eigenvalue weighted by atomic mass is 32.1. The molecule has 0 fully saturated rings. The van der Waals surface area contributed by atoms with E-state index in [1.54, 1.807) is 0 Å². The molecule has 0 saturated carbocycles. The second-order valence-corrected chi connectivity index (χ2v) is 1.96. The van der Waals surface area contributed by atoms with E-state index in [2.05, 4.69) is 6.58 Å². The van der Waals surface area contributed by atoms with Crippen molar-refractivity contribution in [2.24, 2.45) is 0 Å². The van der Waals surface area contributed by atoms with Crippen LogP contribution in [0.4, 0.5) is 0 Å². The summed E-state index contributed by atoms with van der Waals surface area (Å²) in [7, 11) is 0. The average Bonchev–Trinajstić information content (AvgIpc) is 1.82. The van der Waals surface area contributed by atoms with Crippen LogP contribution in [0.5, 0.6) is 0 Å². The van der Waals surface area contributed by atoms with Crippen LogP contribution in [0.1, 0.15) is 6.42 Å². The average molecular weight is 146 g/mol. The standard InChI is InChI=1S/C5H6O3S/c1-2-3-4(9-8)5(6)7/h2H,1,3H2,(H,6,7). The summed E-state index contributed by atoms with van der Waals surface area (Å²) in [5.41, 5.74) is 0. The van der Waals surface area contributed by atoms with E-state index < -0.39 is 5.97 Å². The molecule has 0 aliphatic carbocycles. The monoisotopic (exact) mass is 146 g/mol. The van der Waals surface area contributed by atoms with Crippen LogP contribution in [0.3, 0.4) is 0 Å². The second-order valence-electron chi connectivity index (χ2n) is 1.30. The van der Waals surface area contributed by atoms with Crippen LogP contribution in [0.2, 0.25) is 0 Å². The number of carboxylic acids is 1. The smallest absolute Gasteiger partial charge is 0.345 e. The quantitative estimate of drug-likeness (QED) is 0.451. The predicted molar refractivity (Wildman–Crippen MR) is 35.6 cm³/mol. The zero-order valence-corrected chi connectivity index (χ0v) is 5.48. The molecule has 4 heteroatoms. The zero-order valence-electron chi connectivity index (χ0n) is 4.66. The van der Waals surface area contributed by atoms with Crippen molar-refractivity contribution in [2.45, 2.75) is 6.42 Å². The topological polar surface area (TPSA) is 54.4 Å². The zero-order chi connectivity index (χ0) is 7.28. The maximum atomic E-state index is 10.0. The number of hydrogen-bond acceptors (Lipinski definition) is 2. The molecule has 0 amide bonds. The van der Waals surface area contributed by atoms with Crippen molar-refractivity contribution in [1.29, 1.82) is 0 Å². The normalized spacial score (nSPS) is 8.00. The van der Waals surface area contributed by atoms with Gasteiger partial charge in [-0.25, -0.2) is 9.00 Å². The number of carboxylic acid groups (broad SMARTS) is 1. The molecule has 1 N–H and O–H groups in total. The van der Waals surface area contributed by atoms with E-state index in [1.165, 1.54) is 6.08 Å². The van der Waals surface area contributed by atoms with E-state index in [9.17, 15) is 9.00 Å². The van der Waals surface area contributed by atoms with Crippen molar-refractivity contribution < 1.29 is 14.1 Å². The lowest BCUT2D eigenvalue weighted by Crippen LogP contribution is -2.10. The van der Waals surface area contributed by atoms with E-state index in [-0.39, 0.29) is 22.5 Å². The Morgan fingerprint density at radius 3 is 2.44 bits per heavy atom. The molecule has 0 aromatic rings. The van der Waals surface area contributed by atoms with Gasteiger partial charge in [0, 0.05) is 6.42 Å². The Labute approximate surface area is 56.1 Å². The summed E-state index contributed by atoms with van der Waals surface area (Å²) < 4.78 is 9.91. The van der Waals surface area contributed by atoms with E-state index in [4.69, 9.17) is 5.11 Å². The molecule has 0 aromatic heterocycles. The summed E-state index contributed by atoms with van der Waals surface area (Å²) in [5, 5.41) is 8.20. The van der Waals surface area contributed by atoms with Gasteiger partial charge in [0.05, 0.1) is 0 Å². The first kappa shape index (κ1) is 8.10. The molecule has 0 unspecified atom stereocenters. The van der Waals surface area contributed by atoms with Crippen LogP contribution in [-0.2, 0) is 16.1 Å². The highest BCUT2D eigenvalue weighted by molar-refractivity contribution is 7.68. The van der Waals surface area contributed by atoms with Crippen molar-refractivity contribution in [1.82, 2.24) is 0 Å². The number of carbonyl (C=O) groups is 1. The van der Waals surface area contributed by atoms with Gasteiger partial charge in [-0.2, -0.15) is 0 Å². The molecule has 0 heterocycles. The van der Waals surface area contributed by atoms with Gasteiger partial charge in [-0.3, -0.25) is 0 Å². The Morgan fingerprint density at radius 1 is 1.78 bits per heavy atom. The SMILES string of the molecule is C=CCC(=S=O)C(=O)O. The lowest BCUT2D eigenvalue weighted by atomic mass is 10.3. The fourth-order valence-corrected chi connectivity index (χ4v) is 0.545. The van der Waals surface area contributed by atoms with Crippen LogP contribution in [0.15, 0.2) is 12.7 Å². The Balaban J connectivity index is 4.18. The fraction of sp³-hybridized carbons (Fsp3) is 0.200. The van der Waals surface area contributed by atoms with Crippen LogP contribution in [0, 0.1) is 0 Å². The molecule has 0 rings (SSSR count). The van der Waals surface area contributed by atoms with Crippen LogP contribution in [0.25, 0.3) is 0 Å². The third kappa shape index (κ3) is 2.81. The van der Waals surface area contributed by atoms with Gasteiger partial charge in [-0.15, -0.1) is 6.58 Å². The maximum Gasteiger partial charge on any atom is 0.345 e. The van der Waals surface area contributed by atoms with E-state index >= 15 is 0 Å². The highest BCUT2D eigenvalue weighted by Crippen LogP contribution is 1.83. The lowest BCUT2D eigenvalue weighted by molar-refractivity contribution is -0.129. The van der Waals surface area contributed by atoms with Crippen molar-refractivity contribution in [3.05, 3.63) is 12.7 Å². The summed E-state index contributed by atoms with van der Waals surface area (Å²) in [6.45, 7) is 3.29. The molecule has 0 bridgehead atoms. The molecule has 0 saturated heterocycles. The van der Waals surface area contributed by atoms with Gasteiger partial charge in [0.15, 0.2) is 0 Å². The molecule has 0 aromatic carbocycles. The van der Waals surface area contributed by atoms with Crippen LogP contribution < -0.4 is 0 Å². The van der Waals surface area contributed by atoms with Gasteiger partial charge >= 0.3 is 5.97 Å². The molecular weight excluding hydrogens is 140 g/mol. The van der Waals surface area contributed by atoms with E-state index in [1.807, 2.05) is 0 Å². The molecule has 0 radical (unpaired) electrons. The molecule has 50 valence electrons. The second kappa shape index (κ2) is 4.03. The molecule has 0 aliphatic rings. The van der Waals surface area contributed by atoms with Gasteiger partial charge < -0.3 is 5.11 Å². The first-order valence-corrected chi connectivity index (χ1v) is 2.96. The maximum absolute atomic E-state index is 10.0. The number of allylic oxidation sites excluding steroid dienone is 1. The van der Waals surface area contributed by atoms with Crippen LogP contribution >= 0.6 is 0 Å². The van der Waals surface area contributed by atoms with E-state index in [0.29, 0.717) is 0 Å². The lowest BCUT2D eigenvalue weighted by Gasteiger charge is -1.86. The minimum absolute atomic E-state index is 0.00153. The van der Waals surface area contributed by atoms with Crippen molar-refractivity contribution in [3.8, 4) is 0 Å². The molecule has 0 spiro atoms. The van der Waals surface area contributed by atoms with Gasteiger partial charge in [0.2, 0.25) is 0 Å². The first-order valence-electron chi connectivity index (χ1n) is 2.22. The van der Waals surface area contributed by atoms with Gasteiger partial charge in [0.25, 0.3) is 0 Å². The Hall–Kier alpha value is -0.900. The molecular formula is C5H6O3S. The number of hydrogen-bond donors (Lipinski definition) is 1. The molecule has 9 heavy (non-hydrogen) atoms. The fourth-order valence-electron chi connectivity index (χ4n) is 0.288. The van der Waals surface area contributed by atoms with Gasteiger partial charge in [-0.05, 0) is 0 Å². The van der Waals surface area contributed by atoms with Crippen molar-refractivity contribution in [2.75, 3.05) is 0 Å². The minimum atomic E-state index is -1.16. The largest absolute Gasteiger partial charge is 0.477 e. The Morgan fingerprint density at radius 2 is 2.33 bits per heavy atom. The first-order chi connectivity index (χ1) is 4.22. The molecule has 0 atom stereocenters. The van der Waals surface area contributed by atoms with Gasteiger partial charge in [-0.1, -0.05) is 6.08 Å².